The second-order valence-corrected chi connectivity index (χ2v) is 4.26. The number of benzene rings is 1. The number of nitrogens with one attached hydrogen (secondary N) is 1. The van der Waals surface area contributed by atoms with E-state index in [4.69, 9.17) is 27.4 Å². The molecule has 7 heteroatoms. The molecule has 0 heterocycles. The van der Waals surface area contributed by atoms with E-state index < -0.39 is 5.97 Å². The van der Waals surface area contributed by atoms with Crippen molar-refractivity contribution in [2.45, 2.75) is 6.92 Å². The lowest BCUT2D eigenvalue weighted by Gasteiger charge is -2.11. The minimum absolute atomic E-state index is 0.128. The van der Waals surface area contributed by atoms with Crippen LogP contribution in [0.3, 0.4) is 0 Å². The van der Waals surface area contributed by atoms with Gasteiger partial charge in [-0.25, -0.2) is 4.79 Å². The van der Waals surface area contributed by atoms with Gasteiger partial charge in [-0.2, -0.15) is 15.8 Å². The highest BCUT2D eigenvalue weighted by molar-refractivity contribution is 6.34. The predicted octanol–water partition coefficient (Wildman–Crippen LogP) is 2.67. The van der Waals surface area contributed by atoms with Gasteiger partial charge < -0.3 is 10.1 Å². The van der Waals surface area contributed by atoms with Crippen LogP contribution in [-0.4, -0.2) is 13.1 Å². The quantitative estimate of drug-likeness (QED) is 0.678. The van der Waals surface area contributed by atoms with Crippen molar-refractivity contribution in [2.75, 3.05) is 12.4 Å². The lowest BCUT2D eigenvalue weighted by atomic mass is 10.1. The van der Waals surface area contributed by atoms with Gasteiger partial charge in [-0.3, -0.25) is 0 Å². The number of nitrogens with zero attached hydrogens (tertiary/aromatic N) is 3. The highest BCUT2D eigenvalue weighted by atomic mass is 35.5. The summed E-state index contributed by atoms with van der Waals surface area (Å²) in [4.78, 5) is 11.5. The second-order valence-electron chi connectivity index (χ2n) is 3.85. The third-order valence-electron chi connectivity index (χ3n) is 2.56. The van der Waals surface area contributed by atoms with Gasteiger partial charge in [0.2, 0.25) is 0 Å². The molecule has 0 aliphatic rings. The lowest BCUT2D eigenvalue weighted by molar-refractivity contribution is 0.0601. The molecule has 0 aliphatic heterocycles. The normalized spacial score (nSPS) is 8.76. The number of esters is 1. The molecule has 0 aromatic heterocycles. The summed E-state index contributed by atoms with van der Waals surface area (Å²) >= 11 is 5.98. The fourth-order valence-electron chi connectivity index (χ4n) is 1.50. The topological polar surface area (TPSA) is 110 Å². The molecule has 104 valence electrons. The van der Waals surface area contributed by atoms with E-state index in [2.05, 4.69) is 10.1 Å². The van der Waals surface area contributed by atoms with Crippen LogP contribution in [0, 0.1) is 40.9 Å². The first-order chi connectivity index (χ1) is 9.98. The van der Waals surface area contributed by atoms with Gasteiger partial charge in [0.25, 0.3) is 0 Å². The Kier molecular flexibility index (Phi) is 5.31. The summed E-state index contributed by atoms with van der Waals surface area (Å²) < 4.78 is 4.60. The molecule has 0 amide bonds. The van der Waals surface area contributed by atoms with Gasteiger partial charge >= 0.3 is 5.97 Å². The minimum Gasteiger partial charge on any atom is -0.465 e. The van der Waals surface area contributed by atoms with Crippen molar-refractivity contribution in [1.29, 1.82) is 15.8 Å². The van der Waals surface area contributed by atoms with Crippen LogP contribution in [-0.2, 0) is 4.74 Å². The molecule has 0 spiro atoms. The Labute approximate surface area is 126 Å². The third-order valence-corrected chi connectivity index (χ3v) is 2.88. The van der Waals surface area contributed by atoms with Crippen molar-refractivity contribution in [1.82, 2.24) is 0 Å². The molecule has 1 N–H and O–H groups in total. The number of anilines is 1. The standard InChI is InChI=1S/C14H9ClN4O2/c1-8-3-10(14(20)21-2)11(15)4-12(8)19-13(7-18)9(5-16)6-17/h3-4,19H,1-2H3. The summed E-state index contributed by atoms with van der Waals surface area (Å²) in [6.07, 6.45) is 0. The summed E-state index contributed by atoms with van der Waals surface area (Å²) in [6, 6.07) is 7.89. The monoisotopic (exact) mass is 300 g/mol. The number of aryl methyl sites for hydroxylation is 1. The fourth-order valence-corrected chi connectivity index (χ4v) is 1.74. The van der Waals surface area contributed by atoms with Gasteiger partial charge in [-0.1, -0.05) is 11.6 Å². The van der Waals surface area contributed by atoms with Gasteiger partial charge in [-0.15, -0.1) is 0 Å². The highest BCUT2D eigenvalue weighted by Crippen LogP contribution is 2.27. The van der Waals surface area contributed by atoms with E-state index in [1.165, 1.54) is 19.2 Å². The smallest absolute Gasteiger partial charge is 0.339 e. The Hall–Kier alpha value is -3.01. The van der Waals surface area contributed by atoms with E-state index in [1.54, 1.807) is 25.1 Å². The third kappa shape index (κ3) is 3.51. The van der Waals surface area contributed by atoms with E-state index in [9.17, 15) is 4.79 Å². The molecular weight excluding hydrogens is 292 g/mol. The Morgan fingerprint density at radius 1 is 1.24 bits per heavy atom. The summed E-state index contributed by atoms with van der Waals surface area (Å²) in [5.41, 5.74) is 0.663. The number of carbonyl (C=O) groups is 1. The maximum Gasteiger partial charge on any atom is 0.339 e. The maximum absolute atomic E-state index is 11.5. The van der Waals surface area contributed by atoms with Crippen molar-refractivity contribution in [3.63, 3.8) is 0 Å². The zero-order chi connectivity index (χ0) is 16.0. The zero-order valence-electron chi connectivity index (χ0n) is 11.2. The van der Waals surface area contributed by atoms with E-state index in [0.717, 1.165) is 0 Å². The molecule has 0 saturated carbocycles. The van der Waals surface area contributed by atoms with Gasteiger partial charge in [0.1, 0.15) is 23.9 Å². The summed E-state index contributed by atoms with van der Waals surface area (Å²) in [5.74, 6) is -0.583. The largest absolute Gasteiger partial charge is 0.465 e. The van der Waals surface area contributed by atoms with Crippen LogP contribution in [0.5, 0.6) is 0 Å². The zero-order valence-corrected chi connectivity index (χ0v) is 11.9. The Morgan fingerprint density at radius 3 is 2.33 bits per heavy atom. The van der Waals surface area contributed by atoms with Gasteiger partial charge in [0.05, 0.1) is 17.7 Å². The van der Waals surface area contributed by atoms with Crippen molar-refractivity contribution in [3.05, 3.63) is 39.6 Å². The number of rotatable bonds is 3. The van der Waals surface area contributed by atoms with Gasteiger partial charge in [0.15, 0.2) is 5.57 Å². The first-order valence-electron chi connectivity index (χ1n) is 5.58. The number of nitriles is 3. The maximum atomic E-state index is 11.5. The Balaban J connectivity index is 3.31. The SMILES string of the molecule is COC(=O)c1cc(C)c(NC(C#N)=C(C#N)C#N)cc1Cl. The van der Waals surface area contributed by atoms with Gasteiger partial charge in [0, 0.05) is 5.69 Å². The second kappa shape index (κ2) is 6.96. The number of allylic oxidation sites excluding steroid dienone is 2. The average Bonchev–Trinajstić information content (AvgIpc) is 2.49. The molecule has 0 bridgehead atoms. The number of hydrogen-bond acceptors (Lipinski definition) is 6. The number of halogens is 1. The molecule has 1 aromatic rings. The average molecular weight is 301 g/mol. The molecule has 1 aromatic carbocycles. The van der Waals surface area contributed by atoms with Gasteiger partial charge in [-0.05, 0) is 24.6 Å². The molecule has 6 nitrogen and oxygen atoms in total. The first-order valence-corrected chi connectivity index (χ1v) is 5.96. The van der Waals surface area contributed by atoms with Crippen LogP contribution in [0.25, 0.3) is 0 Å². The van der Waals surface area contributed by atoms with Crippen LogP contribution >= 0.6 is 11.6 Å². The van der Waals surface area contributed by atoms with Crippen LogP contribution in [0.2, 0.25) is 5.02 Å². The number of hydrogen-bond donors (Lipinski definition) is 1. The molecule has 0 saturated heterocycles. The van der Waals surface area contributed by atoms with E-state index in [0.29, 0.717) is 11.3 Å². The molecule has 0 radical (unpaired) electrons. The molecule has 0 aliphatic carbocycles. The molecule has 1 rings (SSSR count). The highest BCUT2D eigenvalue weighted by Gasteiger charge is 2.15. The van der Waals surface area contributed by atoms with Crippen LogP contribution in [0.1, 0.15) is 15.9 Å². The molecule has 0 atom stereocenters. The summed E-state index contributed by atoms with van der Waals surface area (Å²) in [6.45, 7) is 1.68. The van der Waals surface area contributed by atoms with E-state index in [1.807, 2.05) is 0 Å². The fraction of sp³-hybridized carbons (Fsp3) is 0.143. The van der Waals surface area contributed by atoms with Crippen molar-refractivity contribution in [2.24, 2.45) is 0 Å². The summed E-state index contributed by atoms with van der Waals surface area (Å²) in [5, 5.41) is 29.3. The van der Waals surface area contributed by atoms with Crippen molar-refractivity contribution >= 4 is 23.3 Å². The molecule has 0 fully saturated rings. The molecule has 21 heavy (non-hydrogen) atoms. The number of ether oxygens (including phenoxy) is 1. The first kappa shape index (κ1) is 16.0. The molecular formula is C14H9ClN4O2. The van der Waals surface area contributed by atoms with Crippen molar-refractivity contribution < 1.29 is 9.53 Å². The Morgan fingerprint density at radius 2 is 1.86 bits per heavy atom. The van der Waals surface area contributed by atoms with E-state index >= 15 is 0 Å². The number of carbonyl (C=O) groups excluding carboxylic acids is 1. The van der Waals surface area contributed by atoms with Crippen molar-refractivity contribution in [3.8, 4) is 18.2 Å². The van der Waals surface area contributed by atoms with Crippen LogP contribution < -0.4 is 5.32 Å². The lowest BCUT2D eigenvalue weighted by Crippen LogP contribution is -2.06. The molecule has 0 unspecified atom stereocenters. The predicted molar refractivity (Wildman–Crippen MR) is 75.0 cm³/mol. The Bertz CT molecular complexity index is 732. The van der Waals surface area contributed by atoms with E-state index in [-0.39, 0.29) is 21.9 Å². The number of methoxy groups -OCH3 is 1. The van der Waals surface area contributed by atoms with Crippen LogP contribution in [0.15, 0.2) is 23.4 Å². The summed E-state index contributed by atoms with van der Waals surface area (Å²) in [7, 11) is 1.24. The minimum atomic E-state index is -0.583. The van der Waals surface area contributed by atoms with Crippen LogP contribution in [0.4, 0.5) is 5.69 Å².